The van der Waals surface area contributed by atoms with Crippen molar-refractivity contribution in [3.05, 3.63) is 119 Å². The van der Waals surface area contributed by atoms with Crippen LogP contribution in [0.5, 0.6) is 0 Å². The molecule has 2 atom stereocenters. The number of fused-ring (bicyclic) bond motifs is 6. The number of aromatic nitrogens is 4. The van der Waals surface area contributed by atoms with Gasteiger partial charge in [0.1, 0.15) is 11.2 Å². The molecule has 6 fully saturated rings. The van der Waals surface area contributed by atoms with E-state index in [2.05, 4.69) is 40.8 Å². The van der Waals surface area contributed by atoms with Gasteiger partial charge in [0.2, 0.25) is 0 Å². The average molecular weight is 1230 g/mol. The van der Waals surface area contributed by atoms with Crippen molar-refractivity contribution in [1.29, 1.82) is 0 Å². The molecule has 0 bridgehead atoms. The van der Waals surface area contributed by atoms with Gasteiger partial charge in [0.05, 0.1) is 34.8 Å². The fraction of sp³-hybridized carbons (Fsp3) is 0.529. The fourth-order valence-corrected chi connectivity index (χ4v) is 15.5. The number of nitrogens with zero attached hydrogens (tertiary/aromatic N) is 8. The van der Waals surface area contributed by atoms with Gasteiger partial charge in [0.25, 0.3) is 11.8 Å². The van der Waals surface area contributed by atoms with Gasteiger partial charge in [-0.15, -0.1) is 0 Å². The first-order valence-corrected chi connectivity index (χ1v) is 32.8. The molecule has 1 aliphatic carbocycles. The number of anilines is 2. The van der Waals surface area contributed by atoms with Crippen LogP contribution >= 0.6 is 0 Å². The van der Waals surface area contributed by atoms with E-state index in [4.69, 9.17) is 18.9 Å². The molecule has 4 aromatic carbocycles. The molecule has 0 radical (unpaired) electrons. The van der Waals surface area contributed by atoms with E-state index in [1.807, 2.05) is 96.4 Å². The SMILES string of the molecule is Cc1cc(CC(OC(=O)N2CCC3(CC2)OC(=O)Nc2ccccc23)C(=O)N2CCC(N3CCCCC3)CC2)cc2cn[nH]c12.Cc1cc(CC(OC(=O)N2CCC3(CC2)OC(=O)Nc2ccccc23)C(=O)N2CCN(C3CCCCC3)CC2)cc2cn[nH]c12. The van der Waals surface area contributed by atoms with E-state index in [1.165, 1.54) is 51.4 Å². The number of rotatable bonds is 10. The number of carbonyl (C=O) groups excluding carboxylic acids is 6. The number of H-pyrrole nitrogens is 2. The average Bonchev–Trinajstić information content (AvgIpc) is 1.10. The molecule has 2 aromatic heterocycles. The third-order valence-corrected chi connectivity index (χ3v) is 20.4. The van der Waals surface area contributed by atoms with E-state index in [0.717, 1.165) is 106 Å². The Labute approximate surface area is 524 Å². The lowest BCUT2D eigenvalue weighted by atomic mass is 9.82. The molecule has 8 aliphatic rings. The van der Waals surface area contributed by atoms with Crippen molar-refractivity contribution in [3.8, 4) is 0 Å². The summed E-state index contributed by atoms with van der Waals surface area (Å²) < 4.78 is 23.9. The molecule has 6 amide bonds. The van der Waals surface area contributed by atoms with Gasteiger partial charge in [-0.3, -0.25) is 35.3 Å². The molecule has 22 heteroatoms. The lowest BCUT2D eigenvalue weighted by Gasteiger charge is -2.44. The summed E-state index contributed by atoms with van der Waals surface area (Å²) >= 11 is 0. The van der Waals surface area contributed by atoms with Crippen LogP contribution in [0.4, 0.5) is 30.6 Å². The van der Waals surface area contributed by atoms with Crippen molar-refractivity contribution in [3.63, 3.8) is 0 Å². The first-order valence-electron chi connectivity index (χ1n) is 32.8. The van der Waals surface area contributed by atoms with Gasteiger partial charge in [0, 0.05) is 138 Å². The zero-order valence-electron chi connectivity index (χ0n) is 51.9. The molecule has 9 heterocycles. The predicted octanol–water partition coefficient (Wildman–Crippen LogP) is 9.90. The van der Waals surface area contributed by atoms with Crippen molar-refractivity contribution in [2.45, 2.75) is 152 Å². The number of amides is 6. The van der Waals surface area contributed by atoms with Crippen LogP contribution in [0, 0.1) is 13.8 Å². The van der Waals surface area contributed by atoms with E-state index < -0.39 is 47.8 Å². The topological polar surface area (TPSA) is 240 Å². The van der Waals surface area contributed by atoms with Crippen LogP contribution in [-0.4, -0.2) is 189 Å². The summed E-state index contributed by atoms with van der Waals surface area (Å²) in [5.74, 6) is -0.286. The molecule has 90 heavy (non-hydrogen) atoms. The van der Waals surface area contributed by atoms with Crippen LogP contribution in [0.15, 0.2) is 85.2 Å². The number of nitrogens with one attached hydrogen (secondary N) is 4. The Morgan fingerprint density at radius 3 is 1.41 bits per heavy atom. The van der Waals surface area contributed by atoms with Gasteiger partial charge >= 0.3 is 24.4 Å². The summed E-state index contributed by atoms with van der Waals surface area (Å²) in [5.41, 5.74) is 7.55. The molecule has 7 aliphatic heterocycles. The lowest BCUT2D eigenvalue weighted by molar-refractivity contribution is -0.143. The van der Waals surface area contributed by atoms with Crippen LogP contribution in [0.25, 0.3) is 21.8 Å². The van der Waals surface area contributed by atoms with Gasteiger partial charge in [0.15, 0.2) is 12.2 Å². The molecule has 5 saturated heterocycles. The normalized spacial score (nSPS) is 21.2. The Bertz CT molecular complexity index is 3370. The maximum atomic E-state index is 14.1. The molecular formula is C68H84N12O10. The van der Waals surface area contributed by atoms with Crippen molar-refractivity contribution in [1.82, 2.24) is 49.8 Å². The highest BCUT2D eigenvalue weighted by molar-refractivity contribution is 5.91. The Balaban J connectivity index is 0.000000165. The maximum absolute atomic E-state index is 14.1. The van der Waals surface area contributed by atoms with Crippen LogP contribution < -0.4 is 10.6 Å². The Hall–Kier alpha value is -8.24. The number of piperidine rings is 4. The second kappa shape index (κ2) is 26.3. The number of hydrogen-bond donors (Lipinski definition) is 4. The smallest absolute Gasteiger partial charge is 0.412 e. The highest BCUT2D eigenvalue weighted by atomic mass is 16.6. The summed E-state index contributed by atoms with van der Waals surface area (Å²) in [6.45, 7) is 12.0. The zero-order valence-corrected chi connectivity index (χ0v) is 51.9. The van der Waals surface area contributed by atoms with E-state index in [9.17, 15) is 28.8 Å². The monoisotopic (exact) mass is 1230 g/mol. The number of ether oxygens (including phenoxy) is 4. The van der Waals surface area contributed by atoms with Crippen LogP contribution in [0.3, 0.4) is 0 Å². The van der Waals surface area contributed by atoms with E-state index >= 15 is 0 Å². The zero-order chi connectivity index (χ0) is 61.9. The number of para-hydroxylation sites is 2. The summed E-state index contributed by atoms with van der Waals surface area (Å²) in [5, 5.41) is 21.9. The van der Waals surface area contributed by atoms with E-state index in [-0.39, 0.29) is 24.7 Å². The quantitative estimate of drug-likeness (QED) is 0.0934. The van der Waals surface area contributed by atoms with Crippen molar-refractivity contribution < 1.29 is 47.7 Å². The Morgan fingerprint density at radius 1 is 0.511 bits per heavy atom. The molecular weight excluding hydrogens is 1140 g/mol. The lowest BCUT2D eigenvalue weighted by Crippen LogP contribution is -2.55. The fourth-order valence-electron chi connectivity index (χ4n) is 15.5. The van der Waals surface area contributed by atoms with Crippen molar-refractivity contribution in [2.75, 3.05) is 89.2 Å². The largest absolute Gasteiger partial charge is 0.438 e. The molecule has 1 saturated carbocycles. The molecule has 6 aromatic rings. The number of aromatic amines is 2. The molecule has 14 rings (SSSR count). The number of carbonyl (C=O) groups is 6. The standard InChI is InChI=1S/2C34H42N6O5/c1-23-19-24(20-25-22-35-37-30(23)25)21-29(31(41)39-15-9-26(10-16-39)38-13-5-2-6-14-38)44-33(43)40-17-11-34(12-18-40)27-7-3-4-8-28(27)36-32(42)45-34;1-23-19-24(20-25-22-35-37-30(23)25)21-29(31(41)39-17-15-38(16-18-39)26-7-3-2-4-8-26)44-33(43)40-13-11-34(12-14-40)27-9-5-6-10-28(27)36-32(42)45-34/h3-4,7-8,19-20,22,26,29H,2,5-6,9-18,21H2,1H3,(H,35,37)(H,36,42);5-6,9-10,19-20,22,26,29H,2-4,7-8,11-18,21H2,1H3,(H,35,37)(H,36,42). The molecule has 476 valence electrons. The molecule has 22 nitrogen and oxygen atoms in total. The van der Waals surface area contributed by atoms with Crippen LogP contribution in [-0.2, 0) is 52.6 Å². The highest BCUT2D eigenvalue weighted by Gasteiger charge is 2.48. The van der Waals surface area contributed by atoms with E-state index in [0.29, 0.717) is 90.1 Å². The summed E-state index contributed by atoms with van der Waals surface area (Å²) in [6.07, 6.45) is 14.1. The van der Waals surface area contributed by atoms with Gasteiger partial charge in [-0.1, -0.05) is 74.2 Å². The summed E-state index contributed by atoms with van der Waals surface area (Å²) in [4.78, 5) is 92.3. The van der Waals surface area contributed by atoms with E-state index in [1.54, 1.807) is 22.2 Å². The number of benzene rings is 4. The minimum Gasteiger partial charge on any atom is -0.438 e. The van der Waals surface area contributed by atoms with Crippen LogP contribution in [0.1, 0.15) is 123 Å². The molecule has 2 unspecified atom stereocenters. The summed E-state index contributed by atoms with van der Waals surface area (Å²) in [7, 11) is 0. The van der Waals surface area contributed by atoms with Crippen molar-refractivity contribution >= 4 is 69.4 Å². The summed E-state index contributed by atoms with van der Waals surface area (Å²) in [6, 6.07) is 24.5. The maximum Gasteiger partial charge on any atom is 0.412 e. The third kappa shape index (κ3) is 12.9. The number of likely N-dealkylation sites (tertiary alicyclic amines) is 4. The Morgan fingerprint density at radius 2 is 0.933 bits per heavy atom. The van der Waals surface area contributed by atoms with Gasteiger partial charge in [-0.05, 0) is 112 Å². The minimum absolute atomic E-state index is 0.139. The van der Waals surface area contributed by atoms with Crippen molar-refractivity contribution in [2.24, 2.45) is 0 Å². The Kier molecular flexibility index (Phi) is 17.7. The van der Waals surface area contributed by atoms with Crippen LogP contribution in [0.2, 0.25) is 0 Å². The van der Waals surface area contributed by atoms with Gasteiger partial charge in [-0.25, -0.2) is 19.2 Å². The van der Waals surface area contributed by atoms with Gasteiger partial charge in [-0.2, -0.15) is 10.2 Å². The first-order chi connectivity index (χ1) is 43.8. The van der Waals surface area contributed by atoms with Gasteiger partial charge < -0.3 is 43.4 Å². The highest BCUT2D eigenvalue weighted by Crippen LogP contribution is 2.45. The molecule has 4 N–H and O–H groups in total. The molecule has 2 spiro atoms. The third-order valence-electron chi connectivity index (χ3n) is 20.4. The predicted molar refractivity (Wildman–Crippen MR) is 338 cm³/mol. The second-order valence-corrected chi connectivity index (χ2v) is 26.0. The number of aryl methyl sites for hydroxylation is 2. The second-order valence-electron chi connectivity index (χ2n) is 26.0. The first kappa shape index (κ1) is 60.7. The number of hydrogen-bond acceptors (Lipinski definition) is 14. The minimum atomic E-state index is -0.948. The number of piperazine rings is 1.